The first kappa shape index (κ1) is 21.7. The number of aliphatic hydroxyl groups excluding tert-OH is 1. The van der Waals surface area contributed by atoms with Gasteiger partial charge in [0.2, 0.25) is 5.91 Å². The number of benzene rings is 2. The molecule has 0 saturated heterocycles. The number of halogens is 1. The topological polar surface area (TPSA) is 84.2 Å². The zero-order chi connectivity index (χ0) is 21.7. The van der Waals surface area contributed by atoms with E-state index < -0.39 is 17.3 Å². The third-order valence-corrected chi connectivity index (χ3v) is 5.29. The van der Waals surface area contributed by atoms with Crippen molar-refractivity contribution in [2.24, 2.45) is 0 Å². The number of aromatic nitrogens is 2. The largest absolute Gasteiger partial charge is 0.396 e. The predicted molar refractivity (Wildman–Crippen MR) is 116 cm³/mol. The number of anilines is 1. The van der Waals surface area contributed by atoms with Crippen LogP contribution in [0.15, 0.2) is 58.2 Å². The van der Waals surface area contributed by atoms with E-state index in [0.717, 1.165) is 4.90 Å². The number of carbonyl (C=O) groups is 1. The van der Waals surface area contributed by atoms with Crippen molar-refractivity contribution in [1.82, 2.24) is 9.55 Å². The number of nitrogens with zero attached hydrogens (tertiary/aromatic N) is 2. The van der Waals surface area contributed by atoms with Crippen molar-refractivity contribution in [2.75, 3.05) is 18.2 Å². The third-order valence-electron chi connectivity index (χ3n) is 4.57. The molecule has 0 atom stereocenters. The Hall–Kier alpha value is -2.97. The molecular weight excluding hydrogens is 405 g/mol. The van der Waals surface area contributed by atoms with Gasteiger partial charge in [-0.05, 0) is 43.5 Å². The summed E-state index contributed by atoms with van der Waals surface area (Å²) >= 11 is 1.55. The SMILES string of the molecule is CSc1cccc(NC(=O)Cn2c(-c3cccc(F)c3)nc(C)c(CCO)c2=O)c1. The Bertz CT molecular complexity index is 1130. The Labute approximate surface area is 177 Å². The van der Waals surface area contributed by atoms with Crippen molar-refractivity contribution in [2.45, 2.75) is 24.8 Å². The highest BCUT2D eigenvalue weighted by atomic mass is 32.2. The summed E-state index contributed by atoms with van der Waals surface area (Å²) in [6.45, 7) is 1.15. The summed E-state index contributed by atoms with van der Waals surface area (Å²) in [7, 11) is 0. The number of thioether (sulfide) groups is 1. The maximum Gasteiger partial charge on any atom is 0.257 e. The quantitative estimate of drug-likeness (QED) is 0.566. The first-order valence-electron chi connectivity index (χ1n) is 9.34. The van der Waals surface area contributed by atoms with E-state index in [1.54, 1.807) is 30.8 Å². The van der Waals surface area contributed by atoms with Gasteiger partial charge in [0, 0.05) is 40.4 Å². The van der Waals surface area contributed by atoms with E-state index in [-0.39, 0.29) is 25.4 Å². The molecule has 0 bridgehead atoms. The number of aliphatic hydroxyl groups is 1. The van der Waals surface area contributed by atoms with Gasteiger partial charge in [-0.15, -0.1) is 11.8 Å². The second kappa shape index (κ2) is 9.69. The molecule has 8 heteroatoms. The number of nitrogens with one attached hydrogen (secondary N) is 1. The molecule has 0 unspecified atom stereocenters. The number of hydrogen-bond donors (Lipinski definition) is 2. The smallest absolute Gasteiger partial charge is 0.257 e. The highest BCUT2D eigenvalue weighted by molar-refractivity contribution is 7.98. The summed E-state index contributed by atoms with van der Waals surface area (Å²) < 4.78 is 15.0. The fourth-order valence-electron chi connectivity index (χ4n) is 3.14. The fourth-order valence-corrected chi connectivity index (χ4v) is 3.60. The second-order valence-electron chi connectivity index (χ2n) is 6.65. The summed E-state index contributed by atoms with van der Waals surface area (Å²) in [5.74, 6) is -0.677. The van der Waals surface area contributed by atoms with Crippen LogP contribution in [0.3, 0.4) is 0 Å². The van der Waals surface area contributed by atoms with E-state index in [1.807, 2.05) is 24.5 Å². The Balaban J connectivity index is 2.01. The normalized spacial score (nSPS) is 10.8. The molecule has 0 aliphatic rings. The van der Waals surface area contributed by atoms with E-state index in [0.29, 0.717) is 22.5 Å². The first-order chi connectivity index (χ1) is 14.4. The molecule has 3 rings (SSSR count). The van der Waals surface area contributed by atoms with E-state index in [4.69, 9.17) is 0 Å². The van der Waals surface area contributed by atoms with Crippen LogP contribution < -0.4 is 10.9 Å². The van der Waals surface area contributed by atoms with Gasteiger partial charge >= 0.3 is 0 Å². The zero-order valence-electron chi connectivity index (χ0n) is 16.7. The molecule has 0 saturated carbocycles. The van der Waals surface area contributed by atoms with E-state index in [9.17, 15) is 19.1 Å². The highest BCUT2D eigenvalue weighted by Gasteiger charge is 2.18. The van der Waals surface area contributed by atoms with Gasteiger partial charge in [0.05, 0.1) is 0 Å². The van der Waals surface area contributed by atoms with Gasteiger partial charge in [-0.1, -0.05) is 18.2 Å². The Morgan fingerprint density at radius 2 is 2.00 bits per heavy atom. The van der Waals surface area contributed by atoms with Crippen molar-refractivity contribution in [3.05, 3.63) is 76.0 Å². The molecule has 1 heterocycles. The van der Waals surface area contributed by atoms with Gasteiger partial charge in [-0.2, -0.15) is 0 Å². The first-order valence-corrected chi connectivity index (χ1v) is 10.6. The van der Waals surface area contributed by atoms with Gasteiger partial charge in [0.15, 0.2) is 0 Å². The average molecular weight is 428 g/mol. The van der Waals surface area contributed by atoms with E-state index in [2.05, 4.69) is 10.3 Å². The van der Waals surface area contributed by atoms with Crippen molar-refractivity contribution < 1.29 is 14.3 Å². The molecule has 156 valence electrons. The lowest BCUT2D eigenvalue weighted by Gasteiger charge is -2.16. The minimum atomic E-state index is -0.469. The molecule has 30 heavy (non-hydrogen) atoms. The number of carbonyl (C=O) groups excluding carboxylic acids is 1. The standard InChI is InChI=1S/C22H22FN3O3S/c1-14-19(9-10-27)22(29)26(21(24-14)15-5-3-6-16(23)11-15)13-20(28)25-17-7-4-8-18(12-17)30-2/h3-8,11-12,27H,9-10,13H2,1-2H3,(H,25,28). The van der Waals surface area contributed by atoms with Gasteiger partial charge in [-0.3, -0.25) is 14.2 Å². The molecular formula is C22H22FN3O3S. The van der Waals surface area contributed by atoms with Gasteiger partial charge in [0.1, 0.15) is 18.2 Å². The van der Waals surface area contributed by atoms with Crippen molar-refractivity contribution in [3.63, 3.8) is 0 Å². The highest BCUT2D eigenvalue weighted by Crippen LogP contribution is 2.21. The molecule has 0 aliphatic heterocycles. The summed E-state index contributed by atoms with van der Waals surface area (Å²) in [5, 5.41) is 12.1. The number of hydrogen-bond acceptors (Lipinski definition) is 5. The lowest BCUT2D eigenvalue weighted by molar-refractivity contribution is -0.116. The van der Waals surface area contributed by atoms with Crippen LogP contribution in [0.1, 0.15) is 11.3 Å². The number of aryl methyl sites for hydroxylation is 1. The van der Waals surface area contributed by atoms with E-state index in [1.165, 1.54) is 22.8 Å². The van der Waals surface area contributed by atoms with Crippen LogP contribution in [0, 0.1) is 12.7 Å². The molecule has 1 aromatic heterocycles. The van der Waals surface area contributed by atoms with Crippen LogP contribution in [0.25, 0.3) is 11.4 Å². The predicted octanol–water partition coefficient (Wildman–Crippen LogP) is 3.25. The zero-order valence-corrected chi connectivity index (χ0v) is 17.5. The lowest BCUT2D eigenvalue weighted by atomic mass is 10.1. The van der Waals surface area contributed by atoms with Crippen molar-refractivity contribution >= 4 is 23.4 Å². The van der Waals surface area contributed by atoms with Gasteiger partial charge in [-0.25, -0.2) is 9.37 Å². The van der Waals surface area contributed by atoms with Crippen molar-refractivity contribution in [1.29, 1.82) is 0 Å². The second-order valence-corrected chi connectivity index (χ2v) is 7.53. The fraction of sp³-hybridized carbons (Fsp3) is 0.227. The maximum absolute atomic E-state index is 13.8. The molecule has 0 radical (unpaired) electrons. The molecule has 2 aromatic carbocycles. The van der Waals surface area contributed by atoms with Crippen molar-refractivity contribution in [3.8, 4) is 11.4 Å². The molecule has 0 spiro atoms. The molecule has 0 aliphatic carbocycles. The molecule has 1 amide bonds. The summed E-state index contributed by atoms with van der Waals surface area (Å²) in [6.07, 6.45) is 2.06. The number of rotatable bonds is 7. The summed E-state index contributed by atoms with van der Waals surface area (Å²) in [5.41, 5.74) is 1.35. The van der Waals surface area contributed by atoms with Gasteiger partial charge < -0.3 is 10.4 Å². The minimum absolute atomic E-state index is 0.123. The molecule has 6 nitrogen and oxygen atoms in total. The Morgan fingerprint density at radius 1 is 1.23 bits per heavy atom. The van der Waals surface area contributed by atoms with Crippen LogP contribution in [0.4, 0.5) is 10.1 Å². The Kier molecular flexibility index (Phi) is 7.02. The van der Waals surface area contributed by atoms with Gasteiger partial charge in [0.25, 0.3) is 5.56 Å². The van der Waals surface area contributed by atoms with Crippen LogP contribution >= 0.6 is 11.8 Å². The minimum Gasteiger partial charge on any atom is -0.396 e. The monoisotopic (exact) mass is 427 g/mol. The number of amides is 1. The third kappa shape index (κ3) is 4.95. The van der Waals surface area contributed by atoms with E-state index >= 15 is 0 Å². The molecule has 2 N–H and O–H groups in total. The summed E-state index contributed by atoms with van der Waals surface area (Å²) in [4.78, 5) is 31.2. The Morgan fingerprint density at radius 3 is 2.70 bits per heavy atom. The lowest BCUT2D eigenvalue weighted by Crippen LogP contribution is -2.33. The van der Waals surface area contributed by atoms with Crippen LogP contribution in [-0.4, -0.2) is 33.4 Å². The van der Waals surface area contributed by atoms with Crippen LogP contribution in [-0.2, 0) is 17.8 Å². The molecule has 3 aromatic rings. The average Bonchev–Trinajstić information content (AvgIpc) is 2.73. The maximum atomic E-state index is 13.8. The molecule has 0 fully saturated rings. The van der Waals surface area contributed by atoms with Crippen LogP contribution in [0.2, 0.25) is 0 Å². The summed E-state index contributed by atoms with van der Waals surface area (Å²) in [6, 6.07) is 13.1. The van der Waals surface area contributed by atoms with Crippen LogP contribution in [0.5, 0.6) is 0 Å².